The standard InChI is InChI=1S/C25H25F5N2O10.C20H29N3O9.C15H22N2O7.C4H4O3.CH5N/c1-11(33)4-3-9-39-23-21(12(10-38-2)40-24(23)32-8-7-13(34)31-25(32)37)41-14(35)5-6-15(36)42-22-19(29)17(27)16(26)18(28)20(22)30;1-12(24)5-4-10-30-18-17(32-16(27)7-6-14(25)21-2)13(11-29-3)31-19(18)23-9-8-15(26)22-20(23)28;1-9(18)4-3-7-23-13-12(20)10(8-22-2)24-14(13)17-6-5-11(19)16-15(17)21;5-3-1-2-4(6)7-3;1-2/h7-8,12,21,23-24H,3-6,9-10H2,1-2H3,(H,31,34,37);8-9,13,17-19H,4-7,10-11H2,1-3H3,(H,21,25)(H,22,26,28);5-6,10,12-14,20H,3-4,7-8H2,1-2H3,(H,16,19,21);1-2H2;2H2,1H3. The van der Waals surface area contributed by atoms with Gasteiger partial charge in [0.25, 0.3) is 16.7 Å². The van der Waals surface area contributed by atoms with Crippen molar-refractivity contribution in [2.24, 2.45) is 5.73 Å². The highest BCUT2D eigenvalue weighted by Gasteiger charge is 2.51. The van der Waals surface area contributed by atoms with Gasteiger partial charge in [0.2, 0.25) is 40.7 Å². The van der Waals surface area contributed by atoms with Crippen LogP contribution in [0.3, 0.4) is 0 Å². The van der Waals surface area contributed by atoms with E-state index in [1.165, 1.54) is 74.7 Å². The molecule has 12 atom stereocenters. The second-order valence-corrected chi connectivity index (χ2v) is 23.3. The summed E-state index contributed by atoms with van der Waals surface area (Å²) in [7, 11) is 7.18. The molecule has 1 aromatic carbocycles. The summed E-state index contributed by atoms with van der Waals surface area (Å²) in [6.45, 7) is 4.66. The molecule has 7 N–H and O–H groups in total. The number of carbonyl (C=O) groups is 9. The van der Waals surface area contributed by atoms with Crippen molar-refractivity contribution in [3.05, 3.63) is 128 Å². The van der Waals surface area contributed by atoms with E-state index in [1.54, 1.807) is 0 Å². The topological polar surface area (TPSA) is 496 Å². The number of rotatable bonds is 33. The SMILES string of the molecule is CN.CNC(=O)CCC(=O)OC1C(COC)OC(n2ccc(=O)[nH]c2=O)C1OCCCC(C)=O.COCC1OC(n2ccc(=O)[nH]c2=O)C(OCCCC(C)=O)C1O.COCC1OC(n2ccc(=O)[nH]c2=O)C(OCCCC(C)=O)C1OC(=O)CCC(=O)Oc1c(F)c(F)c(F)c(F)c1F.O=C1CCC(=O)O1. The molecule has 7 heterocycles. The van der Waals surface area contributed by atoms with Gasteiger partial charge in [0, 0.05) is 111 Å². The van der Waals surface area contributed by atoms with Crippen LogP contribution in [0.2, 0.25) is 0 Å². The highest BCUT2D eigenvalue weighted by Crippen LogP contribution is 2.37. The first-order valence-corrected chi connectivity index (χ1v) is 32.9. The number of nitrogens with zero attached hydrogens (tertiary/aromatic N) is 3. The minimum Gasteiger partial charge on any atom is -0.456 e. The van der Waals surface area contributed by atoms with Crippen LogP contribution >= 0.6 is 0 Å². The van der Waals surface area contributed by atoms with Crippen molar-refractivity contribution in [2.45, 2.75) is 171 Å². The third-order valence-electron chi connectivity index (χ3n) is 15.3. The Hall–Kier alpha value is -9.50. The van der Waals surface area contributed by atoms with Crippen molar-refractivity contribution in [3.8, 4) is 5.75 Å². The summed E-state index contributed by atoms with van der Waals surface area (Å²) in [5.41, 5.74) is 0.458. The van der Waals surface area contributed by atoms with E-state index in [1.807, 2.05) is 0 Å². The summed E-state index contributed by atoms with van der Waals surface area (Å²) in [4.78, 5) is 179. The number of ether oxygens (including phenoxy) is 13. The minimum atomic E-state index is -2.45. The second-order valence-electron chi connectivity index (χ2n) is 23.3. The fourth-order valence-electron chi connectivity index (χ4n) is 10.3. The molecular formula is C65H85F5N8O29. The predicted octanol–water partition coefficient (Wildman–Crippen LogP) is -0.279. The maximum Gasteiger partial charge on any atom is 0.330 e. The molecule has 42 heteroatoms. The Morgan fingerprint density at radius 3 is 1.15 bits per heavy atom. The molecule has 107 heavy (non-hydrogen) atoms. The third kappa shape index (κ3) is 27.7. The Morgan fingerprint density at radius 2 is 0.813 bits per heavy atom. The van der Waals surface area contributed by atoms with E-state index in [2.05, 4.69) is 35.5 Å². The lowest BCUT2D eigenvalue weighted by molar-refractivity contribution is -0.160. The number of amides is 1. The number of aromatic amines is 3. The Kier molecular flexibility index (Phi) is 38.0. The average molecular weight is 1540 g/mol. The number of methoxy groups -OCH3 is 3. The van der Waals surface area contributed by atoms with E-state index in [0.29, 0.717) is 25.7 Å². The second kappa shape index (κ2) is 45.2. The lowest BCUT2D eigenvalue weighted by atomic mass is 10.1. The molecule has 4 aromatic rings. The van der Waals surface area contributed by atoms with Gasteiger partial charge in [0.05, 0.1) is 51.9 Å². The number of aromatic nitrogens is 6. The molecule has 3 aromatic heterocycles. The minimum absolute atomic E-state index is 0.000820. The van der Waals surface area contributed by atoms with Crippen molar-refractivity contribution in [1.29, 1.82) is 0 Å². The van der Waals surface area contributed by atoms with E-state index < -0.39 is 185 Å². The number of halogens is 5. The zero-order chi connectivity index (χ0) is 79.8. The first kappa shape index (κ1) is 89.9. The maximum atomic E-state index is 13.8. The Bertz CT molecular complexity index is 4010. The number of aliphatic hydroxyl groups excluding tert-OH is 1. The van der Waals surface area contributed by atoms with E-state index in [4.69, 9.17) is 52.1 Å². The van der Waals surface area contributed by atoms with Gasteiger partial charge >= 0.3 is 46.9 Å². The highest BCUT2D eigenvalue weighted by atomic mass is 19.2. The molecule has 594 valence electrons. The molecule has 0 saturated carbocycles. The van der Waals surface area contributed by atoms with Gasteiger partial charge in [-0.25, -0.2) is 27.6 Å². The van der Waals surface area contributed by atoms with Crippen LogP contribution in [0.25, 0.3) is 0 Å². The molecule has 37 nitrogen and oxygen atoms in total. The number of ketones is 3. The fourth-order valence-corrected chi connectivity index (χ4v) is 10.3. The van der Waals surface area contributed by atoms with Gasteiger partial charge < -0.3 is 92.1 Å². The van der Waals surface area contributed by atoms with E-state index in [0.717, 1.165) is 32.0 Å². The van der Waals surface area contributed by atoms with E-state index in [9.17, 15) is 99.0 Å². The number of hydrogen-bond donors (Lipinski definition) is 6. The van der Waals surface area contributed by atoms with Crippen LogP contribution in [0.15, 0.2) is 65.6 Å². The molecule has 0 aliphatic carbocycles. The van der Waals surface area contributed by atoms with Crippen LogP contribution in [-0.4, -0.2) is 217 Å². The summed E-state index contributed by atoms with van der Waals surface area (Å²) in [6, 6.07) is 3.39. The normalized spacial score (nSPS) is 21.9. The number of cyclic esters (lactones) is 2. The number of hydrogen-bond acceptors (Lipinski definition) is 30. The molecular weight excluding hydrogens is 1450 g/mol. The predicted molar refractivity (Wildman–Crippen MR) is 351 cm³/mol. The van der Waals surface area contributed by atoms with Crippen LogP contribution in [0.4, 0.5) is 22.0 Å². The van der Waals surface area contributed by atoms with Crippen molar-refractivity contribution in [3.63, 3.8) is 0 Å². The van der Waals surface area contributed by atoms with Gasteiger partial charge in [-0.15, -0.1) is 0 Å². The van der Waals surface area contributed by atoms with E-state index >= 15 is 0 Å². The van der Waals surface area contributed by atoms with Crippen molar-refractivity contribution < 1.29 is 132 Å². The first-order chi connectivity index (χ1) is 50.8. The van der Waals surface area contributed by atoms with Gasteiger partial charge in [0.1, 0.15) is 60.1 Å². The molecule has 1 amide bonds. The summed E-state index contributed by atoms with van der Waals surface area (Å²) in [5.74, 6) is -18.1. The van der Waals surface area contributed by atoms with Crippen LogP contribution in [-0.2, 0) is 100.0 Å². The quantitative estimate of drug-likeness (QED) is 0.00522. The summed E-state index contributed by atoms with van der Waals surface area (Å²) in [5, 5.41) is 12.8. The summed E-state index contributed by atoms with van der Waals surface area (Å²) < 4.78 is 140. The highest BCUT2D eigenvalue weighted by molar-refractivity contribution is 5.92. The van der Waals surface area contributed by atoms with Gasteiger partial charge in [-0.1, -0.05) is 0 Å². The number of benzene rings is 1. The molecule has 0 spiro atoms. The molecule has 4 aliphatic rings. The number of esters is 5. The van der Waals surface area contributed by atoms with Crippen LogP contribution < -0.4 is 49.5 Å². The zero-order valence-corrected chi connectivity index (χ0v) is 59.3. The first-order valence-electron chi connectivity index (χ1n) is 32.9. The lowest BCUT2D eigenvalue weighted by Gasteiger charge is -2.25. The molecule has 4 saturated heterocycles. The monoisotopic (exact) mass is 1540 g/mol. The number of H-pyrrole nitrogens is 3. The van der Waals surface area contributed by atoms with Crippen LogP contribution in [0.1, 0.15) is 117 Å². The average Bonchev–Trinajstić information content (AvgIpc) is 1.78. The van der Waals surface area contributed by atoms with Gasteiger partial charge in [-0.3, -0.25) is 71.8 Å². The van der Waals surface area contributed by atoms with E-state index in [-0.39, 0.29) is 101 Å². The summed E-state index contributed by atoms with van der Waals surface area (Å²) in [6.07, 6.45) is -7.47. The number of aliphatic hydroxyl groups is 1. The summed E-state index contributed by atoms with van der Waals surface area (Å²) >= 11 is 0. The van der Waals surface area contributed by atoms with Gasteiger partial charge in [-0.2, -0.15) is 8.78 Å². The number of nitrogens with one attached hydrogen (secondary N) is 4. The number of nitrogens with two attached hydrogens (primary N) is 1. The largest absolute Gasteiger partial charge is 0.456 e. The molecule has 12 unspecified atom stereocenters. The van der Waals surface area contributed by atoms with Gasteiger partial charge in [-0.05, 0) is 47.1 Å². The molecule has 4 aliphatic heterocycles. The molecule has 0 radical (unpaired) electrons. The van der Waals surface area contributed by atoms with Crippen LogP contribution in [0, 0.1) is 29.1 Å². The Labute approximate surface area is 603 Å². The smallest absolute Gasteiger partial charge is 0.330 e. The number of carbonyl (C=O) groups excluding carboxylic acids is 9. The Balaban J connectivity index is 0.000000329. The van der Waals surface area contributed by atoms with Crippen LogP contribution in [0.5, 0.6) is 5.75 Å². The fraction of sp³-hybridized carbons (Fsp3) is 0.585. The molecule has 0 bridgehead atoms. The maximum absolute atomic E-state index is 13.8. The van der Waals surface area contributed by atoms with Crippen molar-refractivity contribution in [1.82, 2.24) is 34.0 Å². The number of Topliss-reactive ketones (excluding diaryl/α,β-unsaturated/α-hetero) is 3. The molecule has 8 rings (SSSR count). The molecule has 4 fully saturated rings. The van der Waals surface area contributed by atoms with Crippen molar-refractivity contribution >= 4 is 53.1 Å². The van der Waals surface area contributed by atoms with Crippen molar-refractivity contribution in [2.75, 3.05) is 75.1 Å². The third-order valence-corrected chi connectivity index (χ3v) is 15.3. The zero-order valence-electron chi connectivity index (χ0n) is 59.3. The van der Waals surface area contributed by atoms with Gasteiger partial charge in [0.15, 0.2) is 30.9 Å². The Morgan fingerprint density at radius 1 is 0.486 bits per heavy atom. The lowest BCUT2D eigenvalue weighted by Crippen LogP contribution is -2.42.